The van der Waals surface area contributed by atoms with Crippen molar-refractivity contribution in [2.45, 2.75) is 6.61 Å². The number of carbonyl (C=O) groups excluding carboxylic acids is 1. The summed E-state index contributed by atoms with van der Waals surface area (Å²) in [5.74, 6) is -3.46. The first-order valence-corrected chi connectivity index (χ1v) is 6.30. The molecular weight excluding hydrogens is 318 g/mol. The van der Waals surface area contributed by atoms with Gasteiger partial charge in [-0.15, -0.1) is 0 Å². The molecule has 0 heterocycles. The van der Waals surface area contributed by atoms with E-state index < -0.39 is 29.7 Å². The average molecular weight is 329 g/mol. The summed E-state index contributed by atoms with van der Waals surface area (Å²) in [4.78, 5) is 11.9. The molecule has 0 radical (unpaired) electrons. The lowest BCUT2D eigenvalue weighted by atomic mass is 10.1. The van der Waals surface area contributed by atoms with Gasteiger partial charge in [-0.1, -0.05) is 6.07 Å². The second-order valence-electron chi connectivity index (χ2n) is 4.29. The van der Waals surface area contributed by atoms with E-state index in [0.29, 0.717) is 0 Å². The van der Waals surface area contributed by atoms with Gasteiger partial charge in [-0.25, -0.2) is 8.78 Å². The SMILES string of the molecule is COc1ccc(NC(=O)c2c(F)cccc2F)cc1OC(F)F. The number of hydrogen-bond donors (Lipinski definition) is 1. The molecule has 2 aromatic rings. The Balaban J connectivity index is 2.28. The van der Waals surface area contributed by atoms with Crippen LogP contribution >= 0.6 is 0 Å². The summed E-state index contributed by atoms with van der Waals surface area (Å²) < 4.78 is 60.8. The highest BCUT2D eigenvalue weighted by Crippen LogP contribution is 2.31. The van der Waals surface area contributed by atoms with Crippen molar-refractivity contribution in [2.24, 2.45) is 0 Å². The maximum Gasteiger partial charge on any atom is 0.387 e. The number of rotatable bonds is 5. The summed E-state index contributed by atoms with van der Waals surface area (Å²) in [5.41, 5.74) is -0.770. The summed E-state index contributed by atoms with van der Waals surface area (Å²) in [5, 5.41) is 2.21. The lowest BCUT2D eigenvalue weighted by Crippen LogP contribution is -2.16. The molecule has 0 bridgehead atoms. The topological polar surface area (TPSA) is 47.6 Å². The van der Waals surface area contributed by atoms with Crippen molar-refractivity contribution in [3.63, 3.8) is 0 Å². The molecule has 2 rings (SSSR count). The van der Waals surface area contributed by atoms with Crippen LogP contribution in [0.5, 0.6) is 11.5 Å². The zero-order valence-electron chi connectivity index (χ0n) is 11.8. The molecule has 0 saturated heterocycles. The van der Waals surface area contributed by atoms with E-state index >= 15 is 0 Å². The van der Waals surface area contributed by atoms with Crippen LogP contribution in [0.2, 0.25) is 0 Å². The highest BCUT2D eigenvalue weighted by Gasteiger charge is 2.18. The molecule has 1 amide bonds. The minimum Gasteiger partial charge on any atom is -0.493 e. The zero-order valence-corrected chi connectivity index (χ0v) is 11.8. The highest BCUT2D eigenvalue weighted by molar-refractivity contribution is 6.04. The number of benzene rings is 2. The molecule has 2 aromatic carbocycles. The minimum atomic E-state index is -3.10. The molecule has 0 spiro atoms. The normalized spacial score (nSPS) is 10.5. The molecule has 8 heteroatoms. The lowest BCUT2D eigenvalue weighted by molar-refractivity contribution is -0.0511. The van der Waals surface area contributed by atoms with Gasteiger partial charge in [0.1, 0.15) is 17.2 Å². The van der Waals surface area contributed by atoms with Crippen LogP contribution in [-0.2, 0) is 0 Å². The number of hydrogen-bond acceptors (Lipinski definition) is 3. The first-order valence-electron chi connectivity index (χ1n) is 6.30. The van der Waals surface area contributed by atoms with Gasteiger partial charge in [-0.3, -0.25) is 4.79 Å². The summed E-state index contributed by atoms with van der Waals surface area (Å²) in [6.45, 7) is -3.10. The van der Waals surface area contributed by atoms with Crippen LogP contribution in [0.1, 0.15) is 10.4 Å². The number of alkyl halides is 2. The fourth-order valence-electron chi connectivity index (χ4n) is 1.85. The van der Waals surface area contributed by atoms with Crippen LogP contribution in [0.15, 0.2) is 36.4 Å². The zero-order chi connectivity index (χ0) is 17.0. The van der Waals surface area contributed by atoms with E-state index in [1.165, 1.54) is 19.2 Å². The molecule has 0 aromatic heterocycles. The summed E-state index contributed by atoms with van der Waals surface area (Å²) in [6.07, 6.45) is 0. The van der Waals surface area contributed by atoms with E-state index in [1.54, 1.807) is 0 Å². The largest absolute Gasteiger partial charge is 0.493 e. The number of methoxy groups -OCH3 is 1. The van der Waals surface area contributed by atoms with Crippen LogP contribution in [0.3, 0.4) is 0 Å². The van der Waals surface area contributed by atoms with Crippen LogP contribution in [0.25, 0.3) is 0 Å². The molecular formula is C15H11F4NO3. The van der Waals surface area contributed by atoms with E-state index in [0.717, 1.165) is 24.3 Å². The van der Waals surface area contributed by atoms with Gasteiger partial charge >= 0.3 is 6.61 Å². The molecule has 4 nitrogen and oxygen atoms in total. The molecule has 0 aliphatic carbocycles. The molecule has 0 aliphatic rings. The minimum absolute atomic E-state index is 0.00843. The molecule has 0 aliphatic heterocycles. The van der Waals surface area contributed by atoms with Crippen molar-refractivity contribution < 1.29 is 31.8 Å². The van der Waals surface area contributed by atoms with Crippen LogP contribution in [-0.4, -0.2) is 19.6 Å². The molecule has 0 atom stereocenters. The van der Waals surface area contributed by atoms with Crippen molar-refractivity contribution in [1.29, 1.82) is 0 Å². The fourth-order valence-corrected chi connectivity index (χ4v) is 1.85. The Morgan fingerprint density at radius 2 is 1.74 bits per heavy atom. The van der Waals surface area contributed by atoms with Gasteiger partial charge in [0, 0.05) is 11.8 Å². The summed E-state index contributed by atoms with van der Waals surface area (Å²) in [7, 11) is 1.25. The first-order chi connectivity index (χ1) is 10.9. The standard InChI is InChI=1S/C15H11F4NO3/c1-22-11-6-5-8(7-12(11)23-15(18)19)20-14(21)13-9(16)3-2-4-10(13)17/h2-7,15H,1H3,(H,20,21). The Morgan fingerprint density at radius 3 is 2.30 bits per heavy atom. The quantitative estimate of drug-likeness (QED) is 0.848. The maximum atomic E-state index is 13.5. The van der Waals surface area contributed by atoms with Crippen LogP contribution < -0.4 is 14.8 Å². The number of anilines is 1. The Labute approximate surface area is 128 Å². The van der Waals surface area contributed by atoms with E-state index in [9.17, 15) is 22.4 Å². The van der Waals surface area contributed by atoms with Crippen LogP contribution in [0.4, 0.5) is 23.2 Å². The summed E-state index contributed by atoms with van der Waals surface area (Å²) >= 11 is 0. The third-order valence-electron chi connectivity index (χ3n) is 2.83. The van der Waals surface area contributed by atoms with Gasteiger partial charge in [0.2, 0.25) is 0 Å². The Hall–Kier alpha value is -2.77. The van der Waals surface area contributed by atoms with Gasteiger partial charge in [0.15, 0.2) is 11.5 Å². The predicted molar refractivity (Wildman–Crippen MR) is 73.9 cm³/mol. The van der Waals surface area contributed by atoms with E-state index in [4.69, 9.17) is 4.74 Å². The highest BCUT2D eigenvalue weighted by atomic mass is 19.3. The monoisotopic (exact) mass is 329 g/mol. The van der Waals surface area contributed by atoms with Crippen molar-refractivity contribution in [2.75, 3.05) is 12.4 Å². The van der Waals surface area contributed by atoms with Crippen molar-refractivity contribution >= 4 is 11.6 Å². The molecule has 122 valence electrons. The smallest absolute Gasteiger partial charge is 0.387 e. The van der Waals surface area contributed by atoms with Gasteiger partial charge in [0.05, 0.1) is 7.11 Å². The van der Waals surface area contributed by atoms with E-state index in [2.05, 4.69) is 10.1 Å². The Morgan fingerprint density at radius 1 is 1.09 bits per heavy atom. The van der Waals surface area contributed by atoms with Crippen molar-refractivity contribution in [3.8, 4) is 11.5 Å². The molecule has 0 fully saturated rings. The van der Waals surface area contributed by atoms with Crippen molar-refractivity contribution in [3.05, 3.63) is 53.6 Å². The number of ether oxygens (including phenoxy) is 2. The average Bonchev–Trinajstić information content (AvgIpc) is 2.46. The Kier molecular flexibility index (Phi) is 5.05. The van der Waals surface area contributed by atoms with Crippen molar-refractivity contribution in [1.82, 2.24) is 0 Å². The summed E-state index contributed by atoms with van der Waals surface area (Å²) in [6, 6.07) is 6.61. The number of halogens is 4. The van der Waals surface area contributed by atoms with Crippen LogP contribution in [0, 0.1) is 11.6 Å². The predicted octanol–water partition coefficient (Wildman–Crippen LogP) is 3.83. The third-order valence-corrected chi connectivity index (χ3v) is 2.83. The van der Waals surface area contributed by atoms with Gasteiger partial charge < -0.3 is 14.8 Å². The third kappa shape index (κ3) is 3.91. The molecule has 0 saturated carbocycles. The second kappa shape index (κ2) is 6.99. The number of carbonyl (C=O) groups is 1. The molecule has 23 heavy (non-hydrogen) atoms. The van der Waals surface area contributed by atoms with E-state index in [1.807, 2.05) is 0 Å². The molecule has 0 unspecified atom stereocenters. The first kappa shape index (κ1) is 16.6. The van der Waals surface area contributed by atoms with Gasteiger partial charge in [-0.05, 0) is 24.3 Å². The Bertz CT molecular complexity index is 702. The van der Waals surface area contributed by atoms with Gasteiger partial charge in [-0.2, -0.15) is 8.78 Å². The van der Waals surface area contributed by atoms with Gasteiger partial charge in [0.25, 0.3) is 5.91 Å². The molecule has 1 N–H and O–H groups in total. The fraction of sp³-hybridized carbons (Fsp3) is 0.133. The number of amides is 1. The van der Waals surface area contributed by atoms with E-state index in [-0.39, 0.29) is 17.2 Å². The maximum absolute atomic E-state index is 13.5. The second-order valence-corrected chi connectivity index (χ2v) is 4.29. The lowest BCUT2D eigenvalue weighted by Gasteiger charge is -2.12. The number of nitrogens with one attached hydrogen (secondary N) is 1.